The van der Waals surface area contributed by atoms with Crippen LogP contribution in [-0.4, -0.2) is 24.4 Å². The van der Waals surface area contributed by atoms with Gasteiger partial charge in [-0.25, -0.2) is 0 Å². The van der Waals surface area contributed by atoms with E-state index in [1.54, 1.807) is 7.11 Å². The van der Waals surface area contributed by atoms with Gasteiger partial charge in [-0.15, -0.1) is 0 Å². The van der Waals surface area contributed by atoms with Crippen LogP contribution in [0.15, 0.2) is 77.9 Å². The van der Waals surface area contributed by atoms with Crippen molar-refractivity contribution in [2.45, 2.75) is 33.1 Å². The summed E-state index contributed by atoms with van der Waals surface area (Å²) >= 11 is 0. The number of nitrogens with zero attached hydrogens (tertiary/aromatic N) is 1. The number of ether oxygens (including phenoxy) is 1. The maximum Gasteiger partial charge on any atom is 0.118 e. The van der Waals surface area contributed by atoms with Crippen molar-refractivity contribution in [2.24, 2.45) is 4.99 Å². The van der Waals surface area contributed by atoms with E-state index in [1.165, 1.54) is 38.7 Å². The van der Waals surface area contributed by atoms with Crippen molar-refractivity contribution in [3.63, 3.8) is 0 Å². The van der Waals surface area contributed by atoms with Crippen molar-refractivity contribution in [3.8, 4) is 5.75 Å². The van der Waals surface area contributed by atoms with Crippen molar-refractivity contribution in [2.75, 3.05) is 13.7 Å². The average molecular weight is 411 g/mol. The second kappa shape index (κ2) is 9.65. The lowest BCUT2D eigenvalue weighted by Gasteiger charge is -2.06. The van der Waals surface area contributed by atoms with E-state index in [2.05, 4.69) is 79.6 Å². The normalized spacial score (nSPS) is 11.8. The molecule has 0 amide bonds. The molecule has 4 rings (SSSR count). The van der Waals surface area contributed by atoms with Crippen LogP contribution >= 0.6 is 0 Å². The van der Waals surface area contributed by atoms with Gasteiger partial charge in [-0.3, -0.25) is 4.99 Å². The van der Waals surface area contributed by atoms with Gasteiger partial charge in [0.2, 0.25) is 0 Å². The molecule has 3 aromatic carbocycles. The molecule has 158 valence electrons. The Kier molecular flexibility index (Phi) is 6.51. The summed E-state index contributed by atoms with van der Waals surface area (Å²) in [7, 11) is 1.69. The van der Waals surface area contributed by atoms with E-state index < -0.39 is 0 Å². The van der Waals surface area contributed by atoms with E-state index in [-0.39, 0.29) is 0 Å². The number of aryl methyl sites for hydroxylation is 1. The lowest BCUT2D eigenvalue weighted by molar-refractivity contribution is 0.414. The van der Waals surface area contributed by atoms with E-state index in [4.69, 9.17) is 9.73 Å². The predicted octanol–water partition coefficient (Wildman–Crippen LogP) is 6.38. The van der Waals surface area contributed by atoms with E-state index in [1.807, 2.05) is 12.1 Å². The van der Waals surface area contributed by atoms with Crippen LogP contribution in [0, 0.1) is 0 Å². The molecule has 31 heavy (non-hydrogen) atoms. The van der Waals surface area contributed by atoms with Crippen LogP contribution in [0.3, 0.4) is 0 Å². The smallest absolute Gasteiger partial charge is 0.118 e. The van der Waals surface area contributed by atoms with Crippen LogP contribution in [0.5, 0.6) is 5.75 Å². The molecule has 0 aliphatic rings. The van der Waals surface area contributed by atoms with Crippen molar-refractivity contribution in [3.05, 3.63) is 101 Å². The Morgan fingerprint density at radius 2 is 1.58 bits per heavy atom. The van der Waals surface area contributed by atoms with Crippen LogP contribution in [0.2, 0.25) is 0 Å². The molecular weight excluding hydrogens is 380 g/mol. The molecule has 1 heterocycles. The maximum atomic E-state index is 5.23. The van der Waals surface area contributed by atoms with E-state index in [9.17, 15) is 0 Å². The number of nitrogens with one attached hydrogen (secondary N) is 1. The van der Waals surface area contributed by atoms with Crippen molar-refractivity contribution in [1.29, 1.82) is 0 Å². The zero-order valence-corrected chi connectivity index (χ0v) is 18.6. The summed E-state index contributed by atoms with van der Waals surface area (Å²) in [6.45, 7) is 5.09. The predicted molar refractivity (Wildman–Crippen MR) is 131 cm³/mol. The third-order valence-electron chi connectivity index (χ3n) is 5.91. The number of methoxy groups -OCH3 is 1. The second-order valence-electron chi connectivity index (χ2n) is 7.99. The molecule has 0 spiro atoms. The first-order valence-corrected chi connectivity index (χ1v) is 11.0. The molecule has 1 N–H and O–H groups in total. The fourth-order valence-electron chi connectivity index (χ4n) is 3.93. The number of H-pyrrole nitrogens is 1. The molecule has 0 saturated heterocycles. The third-order valence-corrected chi connectivity index (χ3v) is 5.91. The molecule has 4 aromatic rings. The Labute approximate surface area is 184 Å². The molecule has 0 unspecified atom stereocenters. The standard InChI is InChI=1S/C28H30N2O/c1-4-21-9-14-28-27(18-21)25(19-30-28)15-16-29-20(2)24-10-5-22(6-11-24)17-23-7-12-26(31-3)13-8-23/h5-14,18-19,30H,4,15-17H2,1-3H3. The fourth-order valence-corrected chi connectivity index (χ4v) is 3.93. The summed E-state index contributed by atoms with van der Waals surface area (Å²) < 4.78 is 5.23. The van der Waals surface area contributed by atoms with Crippen LogP contribution < -0.4 is 4.74 Å². The minimum absolute atomic E-state index is 0.794. The van der Waals surface area contributed by atoms with E-state index in [0.29, 0.717) is 0 Å². The molecule has 0 saturated carbocycles. The second-order valence-corrected chi connectivity index (χ2v) is 7.99. The van der Waals surface area contributed by atoms with Crippen LogP contribution in [-0.2, 0) is 19.3 Å². The number of aromatic nitrogens is 1. The molecule has 0 radical (unpaired) electrons. The highest BCUT2D eigenvalue weighted by Crippen LogP contribution is 2.21. The van der Waals surface area contributed by atoms with Gasteiger partial charge in [0.1, 0.15) is 5.75 Å². The molecule has 3 heteroatoms. The SMILES string of the molecule is CCc1ccc2[nH]cc(CCN=C(C)c3ccc(Cc4ccc(OC)cc4)cc3)c2c1. The van der Waals surface area contributed by atoms with Gasteiger partial charge >= 0.3 is 0 Å². The summed E-state index contributed by atoms with van der Waals surface area (Å²) in [5.74, 6) is 0.893. The molecule has 3 nitrogen and oxygen atoms in total. The topological polar surface area (TPSA) is 37.4 Å². The van der Waals surface area contributed by atoms with Crippen LogP contribution in [0.4, 0.5) is 0 Å². The van der Waals surface area contributed by atoms with E-state index in [0.717, 1.165) is 37.3 Å². The Balaban J connectivity index is 1.38. The van der Waals surface area contributed by atoms with Gasteiger partial charge in [0, 0.05) is 29.4 Å². The number of rotatable bonds is 8. The van der Waals surface area contributed by atoms with Gasteiger partial charge in [-0.2, -0.15) is 0 Å². The number of hydrogen-bond donors (Lipinski definition) is 1. The molecule has 0 fully saturated rings. The van der Waals surface area contributed by atoms with Crippen molar-refractivity contribution >= 4 is 16.6 Å². The highest BCUT2D eigenvalue weighted by Gasteiger charge is 2.05. The first-order valence-electron chi connectivity index (χ1n) is 11.0. The molecule has 0 bridgehead atoms. The molecule has 0 atom stereocenters. The van der Waals surface area contributed by atoms with Crippen LogP contribution in [0.25, 0.3) is 10.9 Å². The largest absolute Gasteiger partial charge is 0.497 e. The van der Waals surface area contributed by atoms with Crippen LogP contribution in [0.1, 0.15) is 41.7 Å². The summed E-state index contributed by atoms with van der Waals surface area (Å²) in [6, 6.07) is 23.7. The number of fused-ring (bicyclic) bond motifs is 1. The molecule has 0 aliphatic carbocycles. The lowest BCUT2D eigenvalue weighted by Crippen LogP contribution is -1.99. The summed E-state index contributed by atoms with van der Waals surface area (Å²) in [4.78, 5) is 8.23. The van der Waals surface area contributed by atoms with Gasteiger partial charge in [0.05, 0.1) is 7.11 Å². The zero-order valence-electron chi connectivity index (χ0n) is 18.6. The van der Waals surface area contributed by atoms with Gasteiger partial charge in [0.15, 0.2) is 0 Å². The summed E-state index contributed by atoms with van der Waals surface area (Å²) in [6.07, 6.45) is 5.05. The van der Waals surface area contributed by atoms with Gasteiger partial charge in [-0.05, 0) is 78.3 Å². The minimum atomic E-state index is 0.794. The molecular formula is C28H30N2O. The average Bonchev–Trinajstić information content (AvgIpc) is 3.22. The first-order chi connectivity index (χ1) is 15.2. The number of hydrogen-bond acceptors (Lipinski definition) is 2. The minimum Gasteiger partial charge on any atom is -0.497 e. The summed E-state index contributed by atoms with van der Waals surface area (Å²) in [5, 5.41) is 1.33. The number of aliphatic imine (C=N–C) groups is 1. The van der Waals surface area contributed by atoms with Gasteiger partial charge < -0.3 is 9.72 Å². The van der Waals surface area contributed by atoms with E-state index >= 15 is 0 Å². The quantitative estimate of drug-likeness (QED) is 0.336. The number of benzene rings is 3. The maximum absolute atomic E-state index is 5.23. The van der Waals surface area contributed by atoms with Gasteiger partial charge in [0.25, 0.3) is 0 Å². The van der Waals surface area contributed by atoms with Crippen molar-refractivity contribution < 1.29 is 4.74 Å². The highest BCUT2D eigenvalue weighted by atomic mass is 16.5. The van der Waals surface area contributed by atoms with Gasteiger partial charge in [-0.1, -0.05) is 49.4 Å². The zero-order chi connectivity index (χ0) is 21.6. The Morgan fingerprint density at radius 1 is 0.903 bits per heavy atom. The molecule has 1 aromatic heterocycles. The van der Waals surface area contributed by atoms with Crippen molar-refractivity contribution in [1.82, 2.24) is 4.98 Å². The third kappa shape index (κ3) is 5.05. The monoisotopic (exact) mass is 410 g/mol. The Hall–Kier alpha value is -3.33. The lowest BCUT2D eigenvalue weighted by atomic mass is 10.0. The highest BCUT2D eigenvalue weighted by molar-refractivity contribution is 5.98. The Morgan fingerprint density at radius 3 is 2.26 bits per heavy atom. The Bertz CT molecular complexity index is 1170. The first kappa shape index (κ1) is 20.9. The molecule has 0 aliphatic heterocycles. The fraction of sp³-hybridized carbons (Fsp3) is 0.250. The number of aromatic amines is 1. The summed E-state index contributed by atoms with van der Waals surface area (Å²) in [5.41, 5.74) is 8.78.